The largest absolute Gasteiger partial charge is 0.388 e. The lowest BCUT2D eigenvalue weighted by atomic mass is 9.94. The van der Waals surface area contributed by atoms with E-state index in [-0.39, 0.29) is 5.91 Å². The molecule has 0 atom stereocenters. The van der Waals surface area contributed by atoms with E-state index in [1.54, 1.807) is 23.7 Å². The summed E-state index contributed by atoms with van der Waals surface area (Å²) < 4.78 is 5.25. The second-order valence-electron chi connectivity index (χ2n) is 5.50. The van der Waals surface area contributed by atoms with Crippen LogP contribution in [0.4, 0.5) is 0 Å². The van der Waals surface area contributed by atoms with Crippen LogP contribution >= 0.6 is 11.8 Å². The smallest absolute Gasteiger partial charge is 0.223 e. The monoisotopic (exact) mass is 309 g/mol. The maximum atomic E-state index is 12.1. The van der Waals surface area contributed by atoms with Crippen LogP contribution in [-0.4, -0.2) is 54.1 Å². The van der Waals surface area contributed by atoms with Crippen LogP contribution in [0.15, 0.2) is 35.2 Å². The maximum absolute atomic E-state index is 12.1. The zero-order chi connectivity index (χ0) is 15.1. The molecule has 2 rings (SSSR count). The molecule has 5 heteroatoms. The number of nitrogens with zero attached hydrogens (tertiary/aromatic N) is 1. The van der Waals surface area contributed by atoms with E-state index in [0.717, 1.165) is 5.75 Å². The Hall–Kier alpha value is -1.04. The van der Waals surface area contributed by atoms with Gasteiger partial charge in [-0.05, 0) is 12.1 Å². The van der Waals surface area contributed by atoms with Gasteiger partial charge in [0.1, 0.15) is 0 Å². The van der Waals surface area contributed by atoms with Gasteiger partial charge in [0, 0.05) is 56.7 Å². The van der Waals surface area contributed by atoms with E-state index >= 15 is 0 Å². The fourth-order valence-corrected chi connectivity index (χ4v) is 3.26. The number of carbonyl (C=O) groups is 1. The Labute approximate surface area is 130 Å². The second kappa shape index (κ2) is 7.82. The molecule has 0 unspecified atom stereocenters. The van der Waals surface area contributed by atoms with E-state index in [1.807, 2.05) is 30.3 Å². The van der Waals surface area contributed by atoms with Crippen molar-refractivity contribution in [1.82, 2.24) is 4.90 Å². The maximum Gasteiger partial charge on any atom is 0.223 e. The van der Waals surface area contributed by atoms with Crippen LogP contribution in [-0.2, 0) is 9.53 Å². The van der Waals surface area contributed by atoms with Gasteiger partial charge in [0.25, 0.3) is 0 Å². The molecule has 1 heterocycles. The lowest BCUT2D eigenvalue weighted by molar-refractivity contribution is -0.136. The van der Waals surface area contributed by atoms with E-state index in [0.29, 0.717) is 39.0 Å². The van der Waals surface area contributed by atoms with Crippen molar-refractivity contribution in [3.63, 3.8) is 0 Å². The molecule has 0 aliphatic carbocycles. The molecule has 1 N–H and O–H groups in total. The van der Waals surface area contributed by atoms with Gasteiger partial charge in [-0.15, -0.1) is 11.8 Å². The molecule has 0 saturated carbocycles. The highest BCUT2D eigenvalue weighted by atomic mass is 32.2. The fraction of sp³-hybridized carbons (Fsp3) is 0.562. The Morgan fingerprint density at radius 3 is 2.67 bits per heavy atom. The second-order valence-corrected chi connectivity index (χ2v) is 6.67. The first-order valence-corrected chi connectivity index (χ1v) is 8.30. The van der Waals surface area contributed by atoms with Crippen molar-refractivity contribution in [1.29, 1.82) is 0 Å². The van der Waals surface area contributed by atoms with E-state index < -0.39 is 5.60 Å². The Balaban J connectivity index is 1.72. The van der Waals surface area contributed by atoms with Gasteiger partial charge in [-0.25, -0.2) is 0 Å². The van der Waals surface area contributed by atoms with Gasteiger partial charge < -0.3 is 14.7 Å². The van der Waals surface area contributed by atoms with Gasteiger partial charge in [-0.3, -0.25) is 4.79 Å². The molecule has 1 fully saturated rings. The summed E-state index contributed by atoms with van der Waals surface area (Å²) in [4.78, 5) is 14.9. The van der Waals surface area contributed by atoms with Crippen LogP contribution in [0.5, 0.6) is 0 Å². The Morgan fingerprint density at radius 2 is 2.00 bits per heavy atom. The number of aliphatic hydroxyl groups is 1. The highest BCUT2D eigenvalue weighted by molar-refractivity contribution is 7.99. The topological polar surface area (TPSA) is 49.8 Å². The van der Waals surface area contributed by atoms with Gasteiger partial charge in [0.05, 0.1) is 5.60 Å². The minimum atomic E-state index is -0.783. The Morgan fingerprint density at radius 1 is 1.33 bits per heavy atom. The number of likely N-dealkylation sites (N-methyl/N-ethyl adjacent to an activating group) is 1. The van der Waals surface area contributed by atoms with Crippen LogP contribution in [0.25, 0.3) is 0 Å². The Kier molecular flexibility index (Phi) is 6.08. The van der Waals surface area contributed by atoms with Gasteiger partial charge >= 0.3 is 0 Å². The highest BCUT2D eigenvalue weighted by Gasteiger charge is 2.32. The molecule has 4 nitrogen and oxygen atoms in total. The van der Waals surface area contributed by atoms with Crippen molar-refractivity contribution in [3.05, 3.63) is 30.3 Å². The third-order valence-corrected chi connectivity index (χ3v) is 4.72. The quantitative estimate of drug-likeness (QED) is 0.818. The number of hydrogen-bond donors (Lipinski definition) is 1. The van der Waals surface area contributed by atoms with E-state index in [2.05, 4.69) is 0 Å². The molecule has 1 aromatic rings. The lowest BCUT2D eigenvalue weighted by Gasteiger charge is -2.35. The molecule has 1 saturated heterocycles. The minimum Gasteiger partial charge on any atom is -0.388 e. The zero-order valence-corrected chi connectivity index (χ0v) is 13.3. The molecule has 1 aliphatic rings. The molecule has 0 aromatic heterocycles. The van der Waals surface area contributed by atoms with Crippen molar-refractivity contribution < 1.29 is 14.6 Å². The summed E-state index contributed by atoms with van der Waals surface area (Å²) in [6.07, 6.45) is 1.69. The first-order valence-electron chi connectivity index (χ1n) is 7.31. The fourth-order valence-electron chi connectivity index (χ4n) is 2.40. The summed E-state index contributed by atoms with van der Waals surface area (Å²) in [5, 5.41) is 10.4. The summed E-state index contributed by atoms with van der Waals surface area (Å²) in [6, 6.07) is 10.1. The summed E-state index contributed by atoms with van der Waals surface area (Å²) in [5.41, 5.74) is -0.783. The minimum absolute atomic E-state index is 0.0818. The summed E-state index contributed by atoms with van der Waals surface area (Å²) >= 11 is 1.68. The standard InChI is InChI=1S/C16H23NO3S/c1-17(13-16(19)8-10-20-11-9-16)15(18)7-12-21-14-5-3-2-4-6-14/h2-6,19H,7-13H2,1H3. The number of benzene rings is 1. The number of ether oxygens (including phenoxy) is 1. The molecule has 0 bridgehead atoms. The lowest BCUT2D eigenvalue weighted by Crippen LogP contribution is -2.47. The van der Waals surface area contributed by atoms with Crippen LogP contribution in [0.3, 0.4) is 0 Å². The van der Waals surface area contributed by atoms with Crippen molar-refractivity contribution in [2.24, 2.45) is 0 Å². The SMILES string of the molecule is CN(CC1(O)CCOCC1)C(=O)CCSc1ccccc1. The van der Waals surface area contributed by atoms with Gasteiger partial charge in [-0.1, -0.05) is 18.2 Å². The predicted molar refractivity (Wildman–Crippen MR) is 84.4 cm³/mol. The first-order chi connectivity index (χ1) is 10.1. The zero-order valence-electron chi connectivity index (χ0n) is 12.5. The third kappa shape index (κ3) is 5.34. The average molecular weight is 309 g/mol. The van der Waals surface area contributed by atoms with Crippen molar-refractivity contribution in [3.8, 4) is 0 Å². The van der Waals surface area contributed by atoms with Gasteiger partial charge in [-0.2, -0.15) is 0 Å². The molecule has 1 amide bonds. The first kappa shape index (κ1) is 16.3. The summed E-state index contributed by atoms with van der Waals surface area (Å²) in [7, 11) is 1.77. The van der Waals surface area contributed by atoms with E-state index in [4.69, 9.17) is 4.74 Å². The van der Waals surface area contributed by atoms with Crippen LogP contribution in [0.1, 0.15) is 19.3 Å². The number of thioether (sulfide) groups is 1. The number of carbonyl (C=O) groups excluding carboxylic acids is 1. The van der Waals surface area contributed by atoms with Crippen LogP contribution in [0, 0.1) is 0 Å². The number of amides is 1. The number of hydrogen-bond acceptors (Lipinski definition) is 4. The molecule has 116 valence electrons. The summed E-state index contributed by atoms with van der Waals surface area (Å²) in [5.74, 6) is 0.840. The van der Waals surface area contributed by atoms with Gasteiger partial charge in [0.15, 0.2) is 0 Å². The van der Waals surface area contributed by atoms with E-state index in [9.17, 15) is 9.90 Å². The normalized spacial score (nSPS) is 17.4. The van der Waals surface area contributed by atoms with Crippen molar-refractivity contribution >= 4 is 17.7 Å². The molecule has 1 aliphatic heterocycles. The third-order valence-electron chi connectivity index (χ3n) is 3.71. The molecule has 21 heavy (non-hydrogen) atoms. The van der Waals surface area contributed by atoms with Crippen molar-refractivity contribution in [2.75, 3.05) is 32.6 Å². The van der Waals surface area contributed by atoms with Crippen molar-refractivity contribution in [2.45, 2.75) is 29.8 Å². The van der Waals surface area contributed by atoms with Crippen LogP contribution in [0.2, 0.25) is 0 Å². The Bertz CT molecular complexity index is 446. The molecular weight excluding hydrogens is 286 g/mol. The van der Waals surface area contributed by atoms with Crippen LogP contribution < -0.4 is 0 Å². The predicted octanol–water partition coefficient (Wildman–Crippen LogP) is 2.17. The molecule has 0 radical (unpaired) electrons. The average Bonchev–Trinajstić information content (AvgIpc) is 2.48. The molecule has 0 spiro atoms. The van der Waals surface area contributed by atoms with E-state index in [1.165, 1.54) is 4.90 Å². The molecular formula is C16H23NO3S. The summed E-state index contributed by atoms with van der Waals surface area (Å²) in [6.45, 7) is 1.54. The number of rotatable bonds is 6. The van der Waals surface area contributed by atoms with Gasteiger partial charge in [0.2, 0.25) is 5.91 Å². The molecule has 1 aromatic carbocycles. The highest BCUT2D eigenvalue weighted by Crippen LogP contribution is 2.22.